The van der Waals surface area contributed by atoms with Gasteiger partial charge in [-0.1, -0.05) is 0 Å². The molecule has 0 N–H and O–H groups in total. The van der Waals surface area contributed by atoms with Crippen LogP contribution in [0.3, 0.4) is 0 Å². The van der Waals surface area contributed by atoms with Gasteiger partial charge in [-0.15, -0.1) is 0 Å². The Morgan fingerprint density at radius 3 is 2.67 bits per heavy atom. The summed E-state index contributed by atoms with van der Waals surface area (Å²) >= 11 is 0. The molecule has 0 amide bonds. The van der Waals surface area contributed by atoms with Crippen LogP contribution in [0.25, 0.3) is 0 Å². The van der Waals surface area contributed by atoms with E-state index in [0.717, 1.165) is 12.8 Å². The van der Waals surface area contributed by atoms with Crippen LogP contribution in [0.4, 0.5) is 5.69 Å². The second-order valence-electron chi connectivity index (χ2n) is 4.60. The average molecular weight is 247 g/mol. The van der Waals surface area contributed by atoms with Gasteiger partial charge >= 0.3 is 5.69 Å². The fraction of sp³-hybridized carbons (Fsp3) is 0.455. The molecule has 2 heterocycles. The van der Waals surface area contributed by atoms with Gasteiger partial charge in [0, 0.05) is 12.4 Å². The summed E-state index contributed by atoms with van der Waals surface area (Å²) in [5, 5.41) is 19.2. The Bertz CT molecular complexity index is 568. The highest BCUT2D eigenvalue weighted by Crippen LogP contribution is 2.41. The first-order valence-electron chi connectivity index (χ1n) is 5.84. The van der Waals surface area contributed by atoms with Gasteiger partial charge in [0.1, 0.15) is 11.9 Å². The number of nitrogens with zero attached hydrogens (tertiary/aromatic N) is 5. The third-order valence-corrected chi connectivity index (χ3v) is 3.45. The van der Waals surface area contributed by atoms with Crippen LogP contribution in [0.1, 0.15) is 30.6 Å². The molecule has 0 aliphatic heterocycles. The molecule has 0 radical (unpaired) electrons. The number of hydrogen-bond donors (Lipinski definition) is 0. The molecule has 18 heavy (non-hydrogen) atoms. The van der Waals surface area contributed by atoms with E-state index in [1.165, 1.54) is 6.20 Å². The van der Waals surface area contributed by atoms with Crippen molar-refractivity contribution in [3.63, 3.8) is 0 Å². The summed E-state index contributed by atoms with van der Waals surface area (Å²) in [7, 11) is 0. The maximum atomic E-state index is 10.8. The lowest BCUT2D eigenvalue weighted by Gasteiger charge is -2.35. The Morgan fingerprint density at radius 1 is 1.39 bits per heavy atom. The van der Waals surface area contributed by atoms with Crippen molar-refractivity contribution in [2.24, 2.45) is 0 Å². The summed E-state index contributed by atoms with van der Waals surface area (Å²) in [5.41, 5.74) is 0.570. The zero-order valence-corrected chi connectivity index (χ0v) is 9.93. The molecular formula is C11H13N5O2. The molecule has 1 aliphatic rings. The third-order valence-electron chi connectivity index (χ3n) is 3.45. The zero-order valence-electron chi connectivity index (χ0n) is 9.93. The van der Waals surface area contributed by atoms with E-state index in [9.17, 15) is 10.1 Å². The molecule has 7 nitrogen and oxygen atoms in total. The summed E-state index contributed by atoms with van der Waals surface area (Å²) in [5.74, 6) is 0. The van der Waals surface area contributed by atoms with Crippen LogP contribution < -0.4 is 0 Å². The highest BCUT2D eigenvalue weighted by molar-refractivity contribution is 5.31. The Hall–Kier alpha value is -2.18. The maximum Gasteiger partial charge on any atom is 0.309 e. The SMILES string of the molecule is Cc1nn([C@H]2C[C@@H](n3cccn3)C2)cc1[N+](=O)[O-]. The lowest BCUT2D eigenvalue weighted by Crippen LogP contribution is -2.29. The molecule has 1 saturated carbocycles. The largest absolute Gasteiger partial charge is 0.309 e. The van der Waals surface area contributed by atoms with Crippen molar-refractivity contribution in [3.8, 4) is 0 Å². The molecule has 0 spiro atoms. The van der Waals surface area contributed by atoms with E-state index in [0.29, 0.717) is 11.7 Å². The first-order chi connectivity index (χ1) is 8.65. The summed E-state index contributed by atoms with van der Waals surface area (Å²) in [6.45, 7) is 1.66. The highest BCUT2D eigenvalue weighted by Gasteiger charge is 2.34. The second-order valence-corrected chi connectivity index (χ2v) is 4.60. The number of hydrogen-bond acceptors (Lipinski definition) is 4. The minimum atomic E-state index is -0.386. The predicted molar refractivity (Wildman–Crippen MR) is 63.2 cm³/mol. The number of aromatic nitrogens is 4. The first-order valence-corrected chi connectivity index (χ1v) is 5.84. The van der Waals surface area contributed by atoms with Crippen LogP contribution in [-0.4, -0.2) is 24.5 Å². The van der Waals surface area contributed by atoms with Crippen LogP contribution in [-0.2, 0) is 0 Å². The summed E-state index contributed by atoms with van der Waals surface area (Å²) in [6.07, 6.45) is 7.06. The monoisotopic (exact) mass is 247 g/mol. The second kappa shape index (κ2) is 3.94. The van der Waals surface area contributed by atoms with E-state index in [1.54, 1.807) is 17.8 Å². The van der Waals surface area contributed by atoms with Crippen LogP contribution in [0.2, 0.25) is 0 Å². The van der Waals surface area contributed by atoms with E-state index in [-0.39, 0.29) is 16.7 Å². The van der Waals surface area contributed by atoms with Crippen LogP contribution in [0.5, 0.6) is 0 Å². The fourth-order valence-corrected chi connectivity index (χ4v) is 2.33. The van der Waals surface area contributed by atoms with E-state index in [4.69, 9.17) is 0 Å². The molecule has 2 aromatic heterocycles. The van der Waals surface area contributed by atoms with Crippen molar-refractivity contribution in [2.45, 2.75) is 31.8 Å². The van der Waals surface area contributed by atoms with Crippen molar-refractivity contribution in [3.05, 3.63) is 40.5 Å². The smallest absolute Gasteiger partial charge is 0.270 e. The van der Waals surface area contributed by atoms with Gasteiger partial charge in [0.15, 0.2) is 0 Å². The molecule has 0 aromatic carbocycles. The fourth-order valence-electron chi connectivity index (χ4n) is 2.33. The molecule has 1 aliphatic carbocycles. The summed E-state index contributed by atoms with van der Waals surface area (Å²) < 4.78 is 3.65. The molecule has 0 atom stereocenters. The standard InChI is InChI=1S/C11H13N5O2/c1-8-11(16(17)18)7-15(13-8)10-5-9(6-10)14-4-2-3-12-14/h2-4,7,9-10H,5-6H2,1H3/t9-,10+. The lowest BCUT2D eigenvalue weighted by molar-refractivity contribution is -0.385. The minimum Gasteiger partial charge on any atom is -0.270 e. The Kier molecular flexibility index (Phi) is 2.39. The number of aryl methyl sites for hydroxylation is 1. The maximum absolute atomic E-state index is 10.8. The Balaban J connectivity index is 1.72. The predicted octanol–water partition coefficient (Wildman–Crippen LogP) is 1.87. The highest BCUT2D eigenvalue weighted by atomic mass is 16.6. The van der Waals surface area contributed by atoms with Gasteiger partial charge in [0.05, 0.1) is 17.0 Å². The molecule has 0 saturated heterocycles. The van der Waals surface area contributed by atoms with Gasteiger partial charge in [0.2, 0.25) is 0 Å². The molecule has 2 aromatic rings. The van der Waals surface area contributed by atoms with Crippen molar-refractivity contribution in [2.75, 3.05) is 0 Å². The Morgan fingerprint density at radius 2 is 2.11 bits per heavy atom. The normalized spacial score (nSPS) is 22.7. The molecule has 7 heteroatoms. The topological polar surface area (TPSA) is 78.8 Å². The van der Waals surface area contributed by atoms with Gasteiger partial charge in [-0.3, -0.25) is 19.5 Å². The molecular weight excluding hydrogens is 234 g/mol. The van der Waals surface area contributed by atoms with Crippen molar-refractivity contribution >= 4 is 5.69 Å². The van der Waals surface area contributed by atoms with Gasteiger partial charge < -0.3 is 0 Å². The van der Waals surface area contributed by atoms with Gasteiger partial charge in [-0.05, 0) is 25.8 Å². The molecule has 0 bridgehead atoms. The lowest BCUT2D eigenvalue weighted by atomic mass is 9.87. The van der Waals surface area contributed by atoms with Crippen molar-refractivity contribution in [1.29, 1.82) is 0 Å². The van der Waals surface area contributed by atoms with Crippen LogP contribution in [0, 0.1) is 17.0 Å². The third kappa shape index (κ3) is 1.68. The van der Waals surface area contributed by atoms with Gasteiger partial charge in [0.25, 0.3) is 0 Å². The quantitative estimate of drug-likeness (QED) is 0.612. The molecule has 0 unspecified atom stereocenters. The summed E-state index contributed by atoms with van der Waals surface area (Å²) in [6, 6.07) is 2.52. The average Bonchev–Trinajstić information content (AvgIpc) is 2.86. The number of nitro groups is 1. The van der Waals surface area contributed by atoms with Crippen molar-refractivity contribution in [1.82, 2.24) is 19.6 Å². The van der Waals surface area contributed by atoms with Crippen LogP contribution in [0.15, 0.2) is 24.7 Å². The molecule has 1 fully saturated rings. The summed E-state index contributed by atoms with van der Waals surface area (Å²) in [4.78, 5) is 10.4. The first kappa shape index (κ1) is 10.9. The Labute approximate surface area is 103 Å². The van der Waals surface area contributed by atoms with E-state index >= 15 is 0 Å². The van der Waals surface area contributed by atoms with E-state index in [2.05, 4.69) is 10.2 Å². The molecule has 94 valence electrons. The van der Waals surface area contributed by atoms with Crippen molar-refractivity contribution < 1.29 is 4.92 Å². The van der Waals surface area contributed by atoms with E-state index < -0.39 is 0 Å². The van der Waals surface area contributed by atoms with E-state index in [1.807, 2.05) is 16.9 Å². The molecule has 3 rings (SSSR count). The van der Waals surface area contributed by atoms with Gasteiger partial charge in [-0.2, -0.15) is 10.2 Å². The van der Waals surface area contributed by atoms with Crippen LogP contribution >= 0.6 is 0 Å². The minimum absolute atomic E-state index is 0.0949. The van der Waals surface area contributed by atoms with Gasteiger partial charge in [-0.25, -0.2) is 0 Å². The number of rotatable bonds is 3. The zero-order chi connectivity index (χ0) is 12.7.